The molecule has 1 aromatic rings. The van der Waals surface area contributed by atoms with E-state index in [2.05, 4.69) is 10.6 Å². The highest BCUT2D eigenvalue weighted by Crippen LogP contribution is 2.37. The van der Waals surface area contributed by atoms with Crippen LogP contribution in [-0.4, -0.2) is 37.3 Å². The quantitative estimate of drug-likeness (QED) is 0.657. The molecule has 0 bridgehead atoms. The summed E-state index contributed by atoms with van der Waals surface area (Å²) in [7, 11) is 0. The molecule has 0 radical (unpaired) electrons. The minimum Gasteiger partial charge on any atom is -0.382 e. The first-order valence-corrected chi connectivity index (χ1v) is 6.30. The Morgan fingerprint density at radius 1 is 1.48 bits per heavy atom. The van der Waals surface area contributed by atoms with Crippen LogP contribution in [0.2, 0.25) is 0 Å². The SMILES string of the molecule is O=[N+]([O-])c1ccc(NCC2CNCCO2)cc1C(F)(F)F. The van der Waals surface area contributed by atoms with Gasteiger partial charge in [0.05, 0.1) is 17.6 Å². The van der Waals surface area contributed by atoms with Crippen molar-refractivity contribution >= 4 is 11.4 Å². The third-order valence-electron chi connectivity index (χ3n) is 3.04. The summed E-state index contributed by atoms with van der Waals surface area (Å²) in [5, 5.41) is 16.5. The van der Waals surface area contributed by atoms with E-state index in [1.165, 1.54) is 6.07 Å². The normalized spacial score (nSPS) is 19.3. The van der Waals surface area contributed by atoms with Crippen LogP contribution >= 0.6 is 0 Å². The molecular formula is C12H14F3N3O3. The molecule has 2 N–H and O–H groups in total. The van der Waals surface area contributed by atoms with E-state index in [0.29, 0.717) is 19.7 Å². The fourth-order valence-corrected chi connectivity index (χ4v) is 2.01. The van der Waals surface area contributed by atoms with E-state index in [1.54, 1.807) is 0 Å². The van der Waals surface area contributed by atoms with Crippen LogP contribution in [0, 0.1) is 10.1 Å². The Hall–Kier alpha value is -1.87. The molecule has 1 unspecified atom stereocenters. The lowest BCUT2D eigenvalue weighted by Crippen LogP contribution is -2.42. The second kappa shape index (κ2) is 6.27. The molecule has 0 aromatic heterocycles. The maximum Gasteiger partial charge on any atom is 0.423 e. The van der Waals surface area contributed by atoms with E-state index in [4.69, 9.17) is 4.74 Å². The number of hydrogen-bond acceptors (Lipinski definition) is 5. The average molecular weight is 305 g/mol. The summed E-state index contributed by atoms with van der Waals surface area (Å²) < 4.78 is 43.9. The molecule has 1 aromatic carbocycles. The Bertz CT molecular complexity index is 516. The number of alkyl halides is 3. The van der Waals surface area contributed by atoms with Gasteiger partial charge in [-0.3, -0.25) is 10.1 Å². The zero-order valence-electron chi connectivity index (χ0n) is 10.9. The van der Waals surface area contributed by atoms with E-state index >= 15 is 0 Å². The number of nitrogens with one attached hydrogen (secondary N) is 2. The van der Waals surface area contributed by atoms with Crippen molar-refractivity contribution in [3.05, 3.63) is 33.9 Å². The van der Waals surface area contributed by atoms with Crippen molar-refractivity contribution in [1.29, 1.82) is 0 Å². The maximum absolute atomic E-state index is 12.8. The minimum atomic E-state index is -4.77. The van der Waals surface area contributed by atoms with Crippen molar-refractivity contribution in [2.45, 2.75) is 12.3 Å². The summed E-state index contributed by atoms with van der Waals surface area (Å²) >= 11 is 0. The van der Waals surface area contributed by atoms with Crippen LogP contribution in [0.1, 0.15) is 5.56 Å². The van der Waals surface area contributed by atoms with Gasteiger partial charge in [-0.15, -0.1) is 0 Å². The number of benzene rings is 1. The number of halogens is 3. The zero-order valence-corrected chi connectivity index (χ0v) is 10.9. The van der Waals surface area contributed by atoms with Gasteiger partial charge in [0.25, 0.3) is 5.69 Å². The Labute approximate surface area is 118 Å². The summed E-state index contributed by atoms with van der Waals surface area (Å²) in [6.45, 7) is 2.21. The molecule has 0 amide bonds. The maximum atomic E-state index is 12.8. The first-order valence-electron chi connectivity index (χ1n) is 6.30. The van der Waals surface area contributed by atoms with E-state index in [-0.39, 0.29) is 11.8 Å². The zero-order chi connectivity index (χ0) is 15.5. The van der Waals surface area contributed by atoms with Crippen LogP contribution in [0.15, 0.2) is 18.2 Å². The van der Waals surface area contributed by atoms with Gasteiger partial charge in [-0.05, 0) is 12.1 Å². The Morgan fingerprint density at radius 2 is 2.24 bits per heavy atom. The predicted octanol–water partition coefficient (Wildman–Crippen LogP) is 2.01. The molecule has 1 heterocycles. The van der Waals surface area contributed by atoms with Crippen molar-refractivity contribution in [1.82, 2.24) is 5.32 Å². The van der Waals surface area contributed by atoms with E-state index in [0.717, 1.165) is 18.7 Å². The van der Waals surface area contributed by atoms with Gasteiger partial charge in [0.1, 0.15) is 5.56 Å². The first-order chi connectivity index (χ1) is 9.88. The summed E-state index contributed by atoms with van der Waals surface area (Å²) in [6.07, 6.45) is -4.92. The van der Waals surface area contributed by atoms with Crippen molar-refractivity contribution < 1.29 is 22.8 Å². The number of ether oxygens (including phenoxy) is 1. The fourth-order valence-electron chi connectivity index (χ4n) is 2.01. The number of anilines is 1. The van der Waals surface area contributed by atoms with Crippen LogP contribution in [0.5, 0.6) is 0 Å². The van der Waals surface area contributed by atoms with Gasteiger partial charge < -0.3 is 15.4 Å². The van der Waals surface area contributed by atoms with E-state index in [1.807, 2.05) is 0 Å². The summed E-state index contributed by atoms with van der Waals surface area (Å²) in [4.78, 5) is 9.60. The van der Waals surface area contributed by atoms with Crippen LogP contribution < -0.4 is 10.6 Å². The standard InChI is InChI=1S/C12H14F3N3O3/c13-12(14,15)10-5-8(1-2-11(10)18(19)20)17-7-9-6-16-3-4-21-9/h1-2,5,9,16-17H,3-4,6-7H2. The number of nitrogens with zero attached hydrogens (tertiary/aromatic N) is 1. The Balaban J connectivity index is 2.11. The third-order valence-corrected chi connectivity index (χ3v) is 3.04. The number of morpholine rings is 1. The van der Waals surface area contributed by atoms with Gasteiger partial charge in [-0.1, -0.05) is 0 Å². The summed E-state index contributed by atoms with van der Waals surface area (Å²) in [5.41, 5.74) is -2.05. The van der Waals surface area contributed by atoms with Gasteiger partial charge in [0, 0.05) is 31.4 Å². The van der Waals surface area contributed by atoms with Gasteiger partial charge in [-0.2, -0.15) is 13.2 Å². The second-order valence-electron chi connectivity index (χ2n) is 4.56. The van der Waals surface area contributed by atoms with Gasteiger partial charge in [0.15, 0.2) is 0 Å². The molecule has 2 rings (SSSR count). The van der Waals surface area contributed by atoms with Crippen LogP contribution in [0.25, 0.3) is 0 Å². The van der Waals surface area contributed by atoms with Crippen molar-refractivity contribution in [3.8, 4) is 0 Å². The van der Waals surface area contributed by atoms with Crippen LogP contribution in [-0.2, 0) is 10.9 Å². The molecular weight excluding hydrogens is 291 g/mol. The van der Waals surface area contributed by atoms with Crippen molar-refractivity contribution in [2.75, 3.05) is 31.6 Å². The molecule has 6 nitrogen and oxygen atoms in total. The highest BCUT2D eigenvalue weighted by Gasteiger charge is 2.38. The average Bonchev–Trinajstić information content (AvgIpc) is 2.45. The molecule has 0 saturated carbocycles. The molecule has 1 saturated heterocycles. The highest BCUT2D eigenvalue weighted by atomic mass is 19.4. The number of nitro groups is 1. The van der Waals surface area contributed by atoms with E-state index < -0.39 is 22.4 Å². The fraction of sp³-hybridized carbons (Fsp3) is 0.500. The largest absolute Gasteiger partial charge is 0.423 e. The lowest BCUT2D eigenvalue weighted by molar-refractivity contribution is -0.388. The molecule has 0 spiro atoms. The number of nitro benzene ring substituents is 1. The van der Waals surface area contributed by atoms with Crippen LogP contribution in [0.3, 0.4) is 0 Å². The lowest BCUT2D eigenvalue weighted by atomic mass is 10.1. The molecule has 9 heteroatoms. The summed E-state index contributed by atoms with van der Waals surface area (Å²) in [6, 6.07) is 2.85. The molecule has 1 fully saturated rings. The molecule has 1 aliphatic rings. The van der Waals surface area contributed by atoms with Crippen molar-refractivity contribution in [3.63, 3.8) is 0 Å². The van der Waals surface area contributed by atoms with Gasteiger partial charge in [-0.25, -0.2) is 0 Å². The third kappa shape index (κ3) is 4.05. The monoisotopic (exact) mass is 305 g/mol. The minimum absolute atomic E-state index is 0.150. The van der Waals surface area contributed by atoms with Gasteiger partial charge >= 0.3 is 6.18 Å². The smallest absolute Gasteiger partial charge is 0.382 e. The molecule has 1 aliphatic heterocycles. The molecule has 116 valence electrons. The van der Waals surface area contributed by atoms with E-state index in [9.17, 15) is 23.3 Å². The Morgan fingerprint density at radius 3 is 2.81 bits per heavy atom. The topological polar surface area (TPSA) is 76.4 Å². The second-order valence-corrected chi connectivity index (χ2v) is 4.56. The number of rotatable bonds is 4. The van der Waals surface area contributed by atoms with Crippen molar-refractivity contribution in [2.24, 2.45) is 0 Å². The molecule has 1 atom stereocenters. The first kappa shape index (κ1) is 15.5. The Kier molecular flexibility index (Phi) is 4.63. The highest BCUT2D eigenvalue weighted by molar-refractivity contribution is 5.55. The lowest BCUT2D eigenvalue weighted by Gasteiger charge is -2.24. The predicted molar refractivity (Wildman–Crippen MR) is 69.2 cm³/mol. The van der Waals surface area contributed by atoms with Crippen LogP contribution in [0.4, 0.5) is 24.5 Å². The van der Waals surface area contributed by atoms with Gasteiger partial charge in [0.2, 0.25) is 0 Å². The summed E-state index contributed by atoms with van der Waals surface area (Å²) in [5.74, 6) is 0. The number of hydrogen-bond donors (Lipinski definition) is 2. The molecule has 21 heavy (non-hydrogen) atoms. The molecule has 0 aliphatic carbocycles.